The zero-order valence-corrected chi connectivity index (χ0v) is 12.0. The Labute approximate surface area is 125 Å². The topological polar surface area (TPSA) is 71.3 Å². The number of fused-ring (bicyclic) bond motifs is 1. The number of hydrogen-bond acceptors (Lipinski definition) is 2. The molecule has 1 aliphatic rings. The smallest absolute Gasteiger partial charge is 0.337 e. The van der Waals surface area contributed by atoms with Crippen LogP contribution in [0, 0.1) is 12.7 Å². The van der Waals surface area contributed by atoms with Crippen LogP contribution in [0.15, 0.2) is 24.3 Å². The van der Waals surface area contributed by atoms with Gasteiger partial charge in [0.2, 0.25) is 0 Å². The summed E-state index contributed by atoms with van der Waals surface area (Å²) in [6.45, 7) is 1.77. The second-order valence-corrected chi connectivity index (χ2v) is 5.15. The molecule has 0 atom stereocenters. The Kier molecular flexibility index (Phi) is 3.09. The number of carbonyl (C=O) groups excluding carboxylic acids is 1. The third-order valence-corrected chi connectivity index (χ3v) is 3.80. The molecule has 0 fully saturated rings. The SMILES string of the molecule is Cc1cc(C(=O)O)c(C=C2C(=O)Nc3ccc(F)cc32)n1C. The number of hydrogen-bond donors (Lipinski definition) is 2. The molecule has 6 heteroatoms. The van der Waals surface area contributed by atoms with Gasteiger partial charge < -0.3 is 15.0 Å². The lowest BCUT2D eigenvalue weighted by Crippen LogP contribution is -2.05. The number of halogens is 1. The van der Waals surface area contributed by atoms with Gasteiger partial charge in [-0.15, -0.1) is 0 Å². The van der Waals surface area contributed by atoms with E-state index in [1.807, 2.05) is 0 Å². The molecule has 0 aliphatic carbocycles. The Balaban J connectivity index is 2.21. The molecule has 0 saturated heterocycles. The molecular formula is C16H13FN2O3. The van der Waals surface area contributed by atoms with E-state index < -0.39 is 11.8 Å². The van der Waals surface area contributed by atoms with Gasteiger partial charge in [0.1, 0.15) is 5.82 Å². The average molecular weight is 300 g/mol. The maximum atomic E-state index is 13.4. The summed E-state index contributed by atoms with van der Waals surface area (Å²) in [4.78, 5) is 23.4. The van der Waals surface area contributed by atoms with Crippen LogP contribution in [-0.4, -0.2) is 21.6 Å². The maximum Gasteiger partial charge on any atom is 0.337 e. The van der Waals surface area contributed by atoms with E-state index in [2.05, 4.69) is 5.32 Å². The summed E-state index contributed by atoms with van der Waals surface area (Å²) in [5.74, 6) is -1.91. The number of carboxylic acids is 1. The predicted molar refractivity (Wildman–Crippen MR) is 80.0 cm³/mol. The number of amides is 1. The number of aryl methyl sites for hydroxylation is 1. The summed E-state index contributed by atoms with van der Waals surface area (Å²) in [7, 11) is 1.72. The van der Waals surface area contributed by atoms with Gasteiger partial charge in [-0.2, -0.15) is 0 Å². The van der Waals surface area contributed by atoms with E-state index in [-0.39, 0.29) is 17.0 Å². The van der Waals surface area contributed by atoms with Crippen LogP contribution >= 0.6 is 0 Å². The highest BCUT2D eigenvalue weighted by Crippen LogP contribution is 2.34. The van der Waals surface area contributed by atoms with Crippen molar-refractivity contribution in [2.75, 3.05) is 5.32 Å². The first-order valence-electron chi connectivity index (χ1n) is 6.61. The summed E-state index contributed by atoms with van der Waals surface area (Å²) in [5.41, 5.74) is 2.44. The molecule has 1 aromatic heterocycles. The quantitative estimate of drug-likeness (QED) is 0.838. The number of anilines is 1. The summed E-state index contributed by atoms with van der Waals surface area (Å²) < 4.78 is 15.1. The number of carboxylic acid groups (broad SMARTS) is 1. The van der Waals surface area contributed by atoms with Gasteiger partial charge in [-0.25, -0.2) is 9.18 Å². The molecule has 0 spiro atoms. The first kappa shape index (κ1) is 14.1. The van der Waals surface area contributed by atoms with Gasteiger partial charge in [0.25, 0.3) is 5.91 Å². The molecule has 1 aromatic carbocycles. The Morgan fingerprint density at radius 2 is 2.09 bits per heavy atom. The van der Waals surface area contributed by atoms with Crippen molar-refractivity contribution >= 4 is 29.2 Å². The molecule has 112 valence electrons. The Morgan fingerprint density at radius 1 is 1.36 bits per heavy atom. The first-order chi connectivity index (χ1) is 10.4. The van der Waals surface area contributed by atoms with Crippen LogP contribution in [0.4, 0.5) is 10.1 Å². The van der Waals surface area contributed by atoms with Gasteiger partial charge in [-0.05, 0) is 37.3 Å². The molecule has 0 radical (unpaired) electrons. The molecule has 2 aromatic rings. The normalized spacial score (nSPS) is 15.0. The number of aromatic nitrogens is 1. The Hall–Kier alpha value is -2.89. The van der Waals surface area contributed by atoms with Crippen LogP contribution in [0.25, 0.3) is 11.6 Å². The van der Waals surface area contributed by atoms with E-state index in [1.165, 1.54) is 30.3 Å². The first-order valence-corrected chi connectivity index (χ1v) is 6.61. The largest absolute Gasteiger partial charge is 0.478 e. The van der Waals surface area contributed by atoms with E-state index in [1.54, 1.807) is 18.5 Å². The summed E-state index contributed by atoms with van der Waals surface area (Å²) in [6, 6.07) is 5.54. The molecule has 5 nitrogen and oxygen atoms in total. The lowest BCUT2D eigenvalue weighted by Gasteiger charge is -2.04. The van der Waals surface area contributed by atoms with E-state index in [0.717, 1.165) is 5.69 Å². The molecule has 1 aliphatic heterocycles. The van der Waals surface area contributed by atoms with Gasteiger partial charge in [0.15, 0.2) is 0 Å². The molecule has 2 N–H and O–H groups in total. The number of aromatic carboxylic acids is 1. The van der Waals surface area contributed by atoms with Crippen molar-refractivity contribution in [1.29, 1.82) is 0 Å². The molecule has 2 heterocycles. The second-order valence-electron chi connectivity index (χ2n) is 5.15. The standard InChI is InChI=1S/C16H13FN2O3/c1-8-5-12(16(21)22)14(19(8)2)7-11-10-6-9(17)3-4-13(10)18-15(11)20/h3-7H,1-2H3,(H,18,20)(H,21,22). The minimum Gasteiger partial charge on any atom is -0.478 e. The fourth-order valence-corrected chi connectivity index (χ4v) is 2.54. The monoisotopic (exact) mass is 300 g/mol. The lowest BCUT2D eigenvalue weighted by atomic mass is 10.0. The minimum atomic E-state index is -1.08. The number of nitrogens with zero attached hydrogens (tertiary/aromatic N) is 1. The Bertz CT molecular complexity index is 849. The van der Waals surface area contributed by atoms with Crippen LogP contribution in [0.5, 0.6) is 0 Å². The molecule has 0 saturated carbocycles. The highest BCUT2D eigenvalue weighted by Gasteiger charge is 2.26. The fraction of sp³-hybridized carbons (Fsp3) is 0.125. The van der Waals surface area contributed by atoms with Crippen LogP contribution < -0.4 is 5.32 Å². The van der Waals surface area contributed by atoms with E-state index in [9.17, 15) is 19.1 Å². The van der Waals surface area contributed by atoms with E-state index in [0.29, 0.717) is 16.9 Å². The van der Waals surface area contributed by atoms with Gasteiger partial charge in [0, 0.05) is 24.0 Å². The van der Waals surface area contributed by atoms with Crippen molar-refractivity contribution in [3.8, 4) is 0 Å². The third kappa shape index (κ3) is 2.09. The molecule has 0 unspecified atom stereocenters. The third-order valence-electron chi connectivity index (χ3n) is 3.80. The minimum absolute atomic E-state index is 0.102. The highest BCUT2D eigenvalue weighted by atomic mass is 19.1. The lowest BCUT2D eigenvalue weighted by molar-refractivity contribution is -0.110. The van der Waals surface area contributed by atoms with Gasteiger partial charge in [-0.3, -0.25) is 4.79 Å². The van der Waals surface area contributed by atoms with Crippen LogP contribution in [0.3, 0.4) is 0 Å². The number of benzene rings is 1. The second kappa shape index (κ2) is 4.84. The number of nitrogens with one attached hydrogen (secondary N) is 1. The summed E-state index contributed by atoms with van der Waals surface area (Å²) >= 11 is 0. The zero-order chi connectivity index (χ0) is 16.0. The average Bonchev–Trinajstić information content (AvgIpc) is 2.91. The predicted octanol–water partition coefficient (Wildman–Crippen LogP) is 2.66. The molecule has 1 amide bonds. The van der Waals surface area contributed by atoms with E-state index in [4.69, 9.17) is 0 Å². The van der Waals surface area contributed by atoms with Gasteiger partial charge in [-0.1, -0.05) is 0 Å². The van der Waals surface area contributed by atoms with Crippen LogP contribution in [0.2, 0.25) is 0 Å². The number of rotatable bonds is 2. The Morgan fingerprint density at radius 3 is 2.77 bits per heavy atom. The van der Waals surface area contributed by atoms with Crippen molar-refractivity contribution in [1.82, 2.24) is 4.57 Å². The molecule has 3 rings (SSSR count). The zero-order valence-electron chi connectivity index (χ0n) is 12.0. The fourth-order valence-electron chi connectivity index (χ4n) is 2.54. The van der Waals surface area contributed by atoms with Crippen molar-refractivity contribution in [3.63, 3.8) is 0 Å². The van der Waals surface area contributed by atoms with Gasteiger partial charge >= 0.3 is 5.97 Å². The van der Waals surface area contributed by atoms with Crippen molar-refractivity contribution < 1.29 is 19.1 Å². The van der Waals surface area contributed by atoms with Crippen LogP contribution in [-0.2, 0) is 11.8 Å². The summed E-state index contributed by atoms with van der Waals surface area (Å²) in [5, 5.41) is 11.9. The summed E-state index contributed by atoms with van der Waals surface area (Å²) in [6.07, 6.45) is 1.48. The van der Waals surface area contributed by atoms with Crippen molar-refractivity contribution in [2.45, 2.75) is 6.92 Å². The van der Waals surface area contributed by atoms with E-state index >= 15 is 0 Å². The maximum absolute atomic E-state index is 13.4. The number of carbonyl (C=O) groups is 2. The van der Waals surface area contributed by atoms with Crippen LogP contribution in [0.1, 0.15) is 27.3 Å². The highest BCUT2D eigenvalue weighted by molar-refractivity contribution is 6.35. The molecule has 0 bridgehead atoms. The van der Waals surface area contributed by atoms with Crippen molar-refractivity contribution in [3.05, 3.63) is 52.6 Å². The van der Waals surface area contributed by atoms with Gasteiger partial charge in [0.05, 0.1) is 16.8 Å². The molecule has 22 heavy (non-hydrogen) atoms. The molecular weight excluding hydrogens is 287 g/mol. The van der Waals surface area contributed by atoms with Crippen molar-refractivity contribution in [2.24, 2.45) is 7.05 Å².